The van der Waals surface area contributed by atoms with Gasteiger partial charge in [-0.05, 0) is 43.7 Å². The fraction of sp³-hybridized carbons (Fsp3) is 0.364. The van der Waals surface area contributed by atoms with Gasteiger partial charge >= 0.3 is 0 Å². The molecule has 1 aliphatic rings. The average molecular weight is 363 g/mol. The zero-order valence-electron chi connectivity index (χ0n) is 16.1. The molecule has 0 N–H and O–H groups in total. The monoisotopic (exact) mass is 363 g/mol. The van der Waals surface area contributed by atoms with Gasteiger partial charge in [0, 0.05) is 31.7 Å². The first-order valence-electron chi connectivity index (χ1n) is 9.55. The first-order chi connectivity index (χ1) is 13.1. The van der Waals surface area contributed by atoms with Crippen LogP contribution in [0.3, 0.4) is 0 Å². The number of nitrogens with zero attached hydrogens (tertiary/aromatic N) is 3. The second kappa shape index (κ2) is 7.16. The molecule has 1 aromatic heterocycles. The lowest BCUT2D eigenvalue weighted by Crippen LogP contribution is -2.55. The fourth-order valence-electron chi connectivity index (χ4n) is 3.72. The van der Waals surface area contributed by atoms with Crippen LogP contribution in [0.25, 0.3) is 22.2 Å². The van der Waals surface area contributed by atoms with Crippen LogP contribution < -0.4 is 0 Å². The van der Waals surface area contributed by atoms with Gasteiger partial charge in [-0.2, -0.15) is 0 Å². The smallest absolute Gasteiger partial charge is 0.239 e. The first kappa shape index (κ1) is 17.7. The number of aromatic nitrogens is 1. The Morgan fingerprint density at radius 3 is 2.70 bits per heavy atom. The highest BCUT2D eigenvalue weighted by Crippen LogP contribution is 2.27. The van der Waals surface area contributed by atoms with Gasteiger partial charge in [-0.1, -0.05) is 30.3 Å². The summed E-state index contributed by atoms with van der Waals surface area (Å²) in [6, 6.07) is 14.4. The summed E-state index contributed by atoms with van der Waals surface area (Å²) < 4.78 is 5.96. The van der Waals surface area contributed by atoms with Crippen molar-refractivity contribution in [2.45, 2.75) is 33.4 Å². The van der Waals surface area contributed by atoms with E-state index < -0.39 is 0 Å². The summed E-state index contributed by atoms with van der Waals surface area (Å²) in [6.45, 7) is 8.98. The molecule has 27 heavy (non-hydrogen) atoms. The van der Waals surface area contributed by atoms with Crippen LogP contribution in [0.2, 0.25) is 0 Å². The third kappa shape index (κ3) is 3.35. The number of carbonyl (C=O) groups excluding carboxylic acids is 1. The van der Waals surface area contributed by atoms with E-state index in [0.717, 1.165) is 36.7 Å². The second-order valence-corrected chi connectivity index (χ2v) is 7.15. The van der Waals surface area contributed by atoms with Crippen LogP contribution in [-0.4, -0.2) is 46.4 Å². The van der Waals surface area contributed by atoms with Gasteiger partial charge in [0.15, 0.2) is 0 Å². The summed E-state index contributed by atoms with van der Waals surface area (Å²) in [6.07, 6.45) is 0. The molecule has 3 aromatic rings. The molecule has 0 spiro atoms. The predicted molar refractivity (Wildman–Crippen MR) is 106 cm³/mol. The Kier molecular flexibility index (Phi) is 4.70. The van der Waals surface area contributed by atoms with Gasteiger partial charge in [0.25, 0.3) is 0 Å². The molecule has 0 aliphatic carbocycles. The Balaban J connectivity index is 1.57. The summed E-state index contributed by atoms with van der Waals surface area (Å²) in [5.74, 6) is 1.65. The van der Waals surface area contributed by atoms with Crippen molar-refractivity contribution >= 4 is 16.7 Å². The molecule has 1 fully saturated rings. The number of oxazole rings is 1. The van der Waals surface area contributed by atoms with Crippen molar-refractivity contribution in [2.75, 3.05) is 19.6 Å². The average Bonchev–Trinajstić information content (AvgIpc) is 3.06. The zero-order chi connectivity index (χ0) is 19.0. The lowest BCUT2D eigenvalue weighted by molar-refractivity contribution is -0.141. The number of rotatable bonds is 4. The van der Waals surface area contributed by atoms with E-state index in [1.807, 2.05) is 43.9 Å². The van der Waals surface area contributed by atoms with Crippen LogP contribution >= 0.6 is 0 Å². The van der Waals surface area contributed by atoms with E-state index in [-0.39, 0.29) is 11.9 Å². The third-order valence-corrected chi connectivity index (χ3v) is 5.50. The van der Waals surface area contributed by atoms with Crippen LogP contribution in [0.15, 0.2) is 46.9 Å². The van der Waals surface area contributed by atoms with Gasteiger partial charge in [0.1, 0.15) is 5.76 Å². The summed E-state index contributed by atoms with van der Waals surface area (Å²) >= 11 is 0. The van der Waals surface area contributed by atoms with Crippen molar-refractivity contribution < 1.29 is 9.21 Å². The predicted octanol–water partition coefficient (Wildman–Crippen LogP) is 3.86. The number of amides is 1. The Morgan fingerprint density at radius 2 is 1.93 bits per heavy atom. The molecule has 0 unspecified atom stereocenters. The minimum atomic E-state index is -0.126. The SMILES string of the molecule is CCN1CCN(Cc2nc(-c3ccc4ccccc4c3)oc2C)[C@@H](C)C1=O. The lowest BCUT2D eigenvalue weighted by atomic mass is 10.1. The number of aryl methyl sites for hydroxylation is 1. The molecule has 0 saturated carbocycles. The van der Waals surface area contributed by atoms with Crippen LogP contribution in [-0.2, 0) is 11.3 Å². The number of likely N-dealkylation sites (N-methyl/N-ethyl adjacent to an activating group) is 1. The lowest BCUT2D eigenvalue weighted by Gasteiger charge is -2.38. The Bertz CT molecular complexity index is 979. The van der Waals surface area contributed by atoms with E-state index >= 15 is 0 Å². The Hall–Kier alpha value is -2.66. The van der Waals surface area contributed by atoms with Crippen molar-refractivity contribution in [3.05, 3.63) is 53.9 Å². The minimum Gasteiger partial charge on any atom is -0.441 e. The van der Waals surface area contributed by atoms with Crippen molar-refractivity contribution in [1.29, 1.82) is 0 Å². The molecule has 2 heterocycles. The second-order valence-electron chi connectivity index (χ2n) is 7.15. The summed E-state index contributed by atoms with van der Waals surface area (Å²) in [5, 5.41) is 2.37. The molecule has 1 saturated heterocycles. The van der Waals surface area contributed by atoms with Gasteiger partial charge in [0.2, 0.25) is 11.8 Å². The third-order valence-electron chi connectivity index (χ3n) is 5.50. The van der Waals surface area contributed by atoms with Crippen molar-refractivity contribution in [3.63, 3.8) is 0 Å². The number of hydrogen-bond acceptors (Lipinski definition) is 4. The van der Waals surface area contributed by atoms with E-state index in [0.29, 0.717) is 12.4 Å². The van der Waals surface area contributed by atoms with E-state index in [1.54, 1.807) is 0 Å². The maximum absolute atomic E-state index is 12.4. The quantitative estimate of drug-likeness (QED) is 0.706. The topological polar surface area (TPSA) is 49.6 Å². The zero-order valence-corrected chi connectivity index (χ0v) is 16.1. The highest BCUT2D eigenvalue weighted by Gasteiger charge is 2.31. The van der Waals surface area contributed by atoms with Gasteiger partial charge < -0.3 is 9.32 Å². The molecule has 140 valence electrons. The standard InChI is InChI=1S/C22H25N3O2/c1-4-24-11-12-25(15(2)22(24)26)14-20-16(3)27-21(23-20)19-10-9-17-7-5-6-8-18(17)13-19/h5-10,13,15H,4,11-12,14H2,1-3H3/t15-/m0/s1. The summed E-state index contributed by atoms with van der Waals surface area (Å²) in [5.41, 5.74) is 1.88. The van der Waals surface area contributed by atoms with Gasteiger partial charge in [-0.3, -0.25) is 9.69 Å². The number of hydrogen-bond donors (Lipinski definition) is 0. The maximum Gasteiger partial charge on any atom is 0.239 e. The molecule has 1 aliphatic heterocycles. The van der Waals surface area contributed by atoms with Crippen molar-refractivity contribution in [3.8, 4) is 11.5 Å². The summed E-state index contributed by atoms with van der Waals surface area (Å²) in [7, 11) is 0. The van der Waals surface area contributed by atoms with Crippen LogP contribution in [0, 0.1) is 6.92 Å². The van der Waals surface area contributed by atoms with E-state index in [1.165, 1.54) is 10.8 Å². The van der Waals surface area contributed by atoms with Crippen LogP contribution in [0.1, 0.15) is 25.3 Å². The van der Waals surface area contributed by atoms with Crippen molar-refractivity contribution in [2.24, 2.45) is 0 Å². The fourth-order valence-corrected chi connectivity index (χ4v) is 3.72. The molecule has 4 rings (SSSR count). The molecule has 0 radical (unpaired) electrons. The van der Waals surface area contributed by atoms with Crippen LogP contribution in [0.5, 0.6) is 0 Å². The molecule has 1 atom stereocenters. The van der Waals surface area contributed by atoms with E-state index in [2.05, 4.69) is 29.2 Å². The van der Waals surface area contributed by atoms with E-state index in [4.69, 9.17) is 9.40 Å². The van der Waals surface area contributed by atoms with Crippen LogP contribution in [0.4, 0.5) is 0 Å². The van der Waals surface area contributed by atoms with Crippen molar-refractivity contribution in [1.82, 2.24) is 14.8 Å². The Morgan fingerprint density at radius 1 is 1.15 bits per heavy atom. The molecule has 0 bridgehead atoms. The highest BCUT2D eigenvalue weighted by molar-refractivity contribution is 5.86. The number of benzene rings is 2. The normalized spacial score (nSPS) is 18.4. The molecular weight excluding hydrogens is 338 g/mol. The maximum atomic E-state index is 12.4. The summed E-state index contributed by atoms with van der Waals surface area (Å²) in [4.78, 5) is 21.3. The van der Waals surface area contributed by atoms with Gasteiger partial charge in [-0.15, -0.1) is 0 Å². The van der Waals surface area contributed by atoms with Gasteiger partial charge in [-0.25, -0.2) is 4.98 Å². The van der Waals surface area contributed by atoms with E-state index in [9.17, 15) is 4.79 Å². The number of carbonyl (C=O) groups is 1. The number of fused-ring (bicyclic) bond motifs is 1. The molecule has 2 aromatic carbocycles. The first-order valence-corrected chi connectivity index (χ1v) is 9.55. The number of piperazine rings is 1. The molecule has 1 amide bonds. The molecule has 5 heteroatoms. The largest absolute Gasteiger partial charge is 0.441 e. The minimum absolute atomic E-state index is 0.126. The molecule has 5 nitrogen and oxygen atoms in total. The van der Waals surface area contributed by atoms with Gasteiger partial charge in [0.05, 0.1) is 11.7 Å². The Labute approximate surface area is 159 Å². The molecular formula is C22H25N3O2. The highest BCUT2D eigenvalue weighted by atomic mass is 16.4.